The van der Waals surface area contributed by atoms with Crippen LogP contribution in [-0.4, -0.2) is 45.1 Å². The first-order valence-electron chi connectivity index (χ1n) is 13.6. The molecule has 1 saturated heterocycles. The van der Waals surface area contributed by atoms with Crippen LogP contribution in [0.3, 0.4) is 0 Å². The van der Waals surface area contributed by atoms with Crippen LogP contribution in [0.4, 0.5) is 24.5 Å². The summed E-state index contributed by atoms with van der Waals surface area (Å²) in [6, 6.07) is 17.5. The van der Waals surface area contributed by atoms with E-state index in [9.17, 15) is 22.8 Å². The summed E-state index contributed by atoms with van der Waals surface area (Å²) in [5, 5.41) is 16.5. The Kier molecular flexibility index (Phi) is 9.30. The number of amidine groups is 1. The number of hydrogen-bond donors (Lipinski definition) is 1. The van der Waals surface area contributed by atoms with Crippen molar-refractivity contribution >= 4 is 57.9 Å². The number of anilines is 2. The summed E-state index contributed by atoms with van der Waals surface area (Å²) >= 11 is 7.89. The summed E-state index contributed by atoms with van der Waals surface area (Å²) in [6.45, 7) is 5.83. The lowest BCUT2D eigenvalue weighted by Crippen LogP contribution is -2.30. The lowest BCUT2D eigenvalue weighted by Gasteiger charge is -2.20. The van der Waals surface area contributed by atoms with Gasteiger partial charge in [0.15, 0.2) is 5.17 Å². The van der Waals surface area contributed by atoms with Crippen LogP contribution in [-0.2, 0) is 4.79 Å². The predicted octanol–water partition coefficient (Wildman–Crippen LogP) is 7.58. The largest absolute Gasteiger partial charge is 0.573 e. The summed E-state index contributed by atoms with van der Waals surface area (Å²) in [5.41, 5.74) is 4.04. The standard InChI is InChI=1S/C31H26ClF3N6O3S/c1-18(2)23-6-4-5-7-26(23)41-28(42)17-45-30(41)38-36-15-20-8-13-27(24(32)14-20)40-16-25(19(3)39-40)37-29(43)21-9-11-22(12-10-21)44-31(33,34)35/h4-16,18H,17H2,1-3H3,(H,37,43)/b36-15+,38-30-. The van der Waals surface area contributed by atoms with Crippen LogP contribution in [0.5, 0.6) is 5.75 Å². The normalized spacial score (nSPS) is 14.6. The number of aromatic nitrogens is 2. The molecule has 2 heterocycles. The Labute approximate surface area is 265 Å². The van der Waals surface area contributed by atoms with Crippen LogP contribution < -0.4 is 15.0 Å². The second-order valence-electron chi connectivity index (χ2n) is 10.2. The fraction of sp³-hybridized carbons (Fsp3) is 0.194. The molecule has 0 saturated carbocycles. The predicted molar refractivity (Wildman–Crippen MR) is 170 cm³/mol. The molecule has 14 heteroatoms. The summed E-state index contributed by atoms with van der Waals surface area (Å²) in [6.07, 6.45) is -1.72. The number of halogens is 4. The van der Waals surface area contributed by atoms with Gasteiger partial charge in [0.25, 0.3) is 5.91 Å². The zero-order chi connectivity index (χ0) is 32.3. The highest BCUT2D eigenvalue weighted by molar-refractivity contribution is 8.15. The third-order valence-electron chi connectivity index (χ3n) is 6.63. The molecule has 1 aliphatic rings. The summed E-state index contributed by atoms with van der Waals surface area (Å²) in [7, 11) is 0. The lowest BCUT2D eigenvalue weighted by atomic mass is 10.0. The number of nitrogens with zero attached hydrogens (tertiary/aromatic N) is 5. The van der Waals surface area contributed by atoms with E-state index in [1.54, 1.807) is 36.2 Å². The number of carbonyl (C=O) groups excluding carboxylic acids is 2. The molecule has 45 heavy (non-hydrogen) atoms. The van der Waals surface area contributed by atoms with Crippen LogP contribution in [0, 0.1) is 6.92 Å². The van der Waals surface area contributed by atoms with Crippen molar-refractivity contribution < 1.29 is 27.5 Å². The van der Waals surface area contributed by atoms with Crippen molar-refractivity contribution in [1.82, 2.24) is 9.78 Å². The first kappa shape index (κ1) is 31.8. The molecule has 1 aliphatic heterocycles. The topological polar surface area (TPSA) is 101 Å². The molecule has 2 amide bonds. The Hall–Kier alpha value is -4.62. The monoisotopic (exact) mass is 654 g/mol. The van der Waals surface area contributed by atoms with Crippen LogP contribution in [0.25, 0.3) is 5.69 Å². The molecule has 0 bridgehead atoms. The molecule has 4 aromatic rings. The Morgan fingerprint density at radius 3 is 2.53 bits per heavy atom. The van der Waals surface area contributed by atoms with Gasteiger partial charge in [0.2, 0.25) is 5.91 Å². The van der Waals surface area contributed by atoms with Gasteiger partial charge in [0.05, 0.1) is 45.9 Å². The summed E-state index contributed by atoms with van der Waals surface area (Å²) in [5.74, 6) is -0.535. The van der Waals surface area contributed by atoms with Crippen molar-refractivity contribution in [2.24, 2.45) is 10.2 Å². The Balaban J connectivity index is 1.28. The Morgan fingerprint density at radius 2 is 1.84 bits per heavy atom. The maximum absolute atomic E-state index is 12.7. The van der Waals surface area contributed by atoms with Gasteiger partial charge in [-0.05, 0) is 66.4 Å². The van der Waals surface area contributed by atoms with Crippen molar-refractivity contribution in [2.45, 2.75) is 33.1 Å². The molecular weight excluding hydrogens is 629 g/mol. The summed E-state index contributed by atoms with van der Waals surface area (Å²) in [4.78, 5) is 27.0. The first-order valence-corrected chi connectivity index (χ1v) is 14.9. The number of hydrogen-bond acceptors (Lipinski definition) is 7. The van der Waals surface area contributed by atoms with E-state index in [0.717, 1.165) is 23.4 Å². The van der Waals surface area contributed by atoms with Crippen LogP contribution in [0.2, 0.25) is 5.02 Å². The van der Waals surface area contributed by atoms with E-state index in [1.807, 2.05) is 24.3 Å². The minimum absolute atomic E-state index is 0.0621. The molecule has 0 atom stereocenters. The average Bonchev–Trinajstić information content (AvgIpc) is 3.53. The molecule has 0 spiro atoms. The van der Waals surface area contributed by atoms with E-state index in [4.69, 9.17) is 11.6 Å². The molecule has 1 fully saturated rings. The molecule has 0 aliphatic carbocycles. The summed E-state index contributed by atoms with van der Waals surface area (Å²) < 4.78 is 42.5. The number of benzene rings is 3. The first-order chi connectivity index (χ1) is 21.4. The second-order valence-corrected chi connectivity index (χ2v) is 11.5. The minimum atomic E-state index is -4.82. The SMILES string of the molecule is Cc1nn(-c2ccc(/C=N/N=C3\SCC(=O)N3c3ccccc3C(C)C)cc2Cl)cc1NC(=O)c1ccc(OC(F)(F)F)cc1. The van der Waals surface area contributed by atoms with Gasteiger partial charge in [-0.3, -0.25) is 14.5 Å². The number of ether oxygens (including phenoxy) is 1. The number of para-hydroxylation sites is 1. The number of thioether (sulfide) groups is 1. The number of aryl methyl sites for hydroxylation is 1. The third kappa shape index (κ3) is 7.55. The van der Waals surface area contributed by atoms with Crippen LogP contribution in [0.15, 0.2) is 83.1 Å². The molecule has 0 radical (unpaired) electrons. The highest BCUT2D eigenvalue weighted by Crippen LogP contribution is 2.33. The van der Waals surface area contributed by atoms with Gasteiger partial charge in [-0.15, -0.1) is 18.3 Å². The number of nitrogens with one attached hydrogen (secondary N) is 1. The molecule has 232 valence electrons. The highest BCUT2D eigenvalue weighted by Gasteiger charge is 2.32. The lowest BCUT2D eigenvalue weighted by molar-refractivity contribution is -0.274. The fourth-order valence-corrected chi connectivity index (χ4v) is 5.59. The third-order valence-corrected chi connectivity index (χ3v) is 7.85. The second kappa shape index (κ2) is 13.2. The van der Waals surface area contributed by atoms with Gasteiger partial charge in [-0.25, -0.2) is 4.68 Å². The fourth-order valence-electron chi connectivity index (χ4n) is 4.50. The minimum Gasteiger partial charge on any atom is -0.406 e. The van der Waals surface area contributed by atoms with E-state index in [0.29, 0.717) is 32.8 Å². The number of rotatable bonds is 8. The molecule has 0 unspecified atom stereocenters. The van der Waals surface area contributed by atoms with Crippen molar-refractivity contribution in [3.05, 3.63) is 100 Å². The van der Waals surface area contributed by atoms with Crippen molar-refractivity contribution in [3.8, 4) is 11.4 Å². The molecular formula is C31H26ClF3N6O3S. The van der Waals surface area contributed by atoms with Crippen LogP contribution in [0.1, 0.15) is 46.9 Å². The zero-order valence-corrected chi connectivity index (χ0v) is 25.7. The van der Waals surface area contributed by atoms with Crippen molar-refractivity contribution in [1.29, 1.82) is 0 Å². The molecule has 1 N–H and O–H groups in total. The number of carbonyl (C=O) groups is 2. The smallest absolute Gasteiger partial charge is 0.406 e. The van der Waals surface area contributed by atoms with Gasteiger partial charge < -0.3 is 10.1 Å². The molecule has 5 rings (SSSR count). The highest BCUT2D eigenvalue weighted by atomic mass is 35.5. The average molecular weight is 655 g/mol. The van der Waals surface area contributed by atoms with Gasteiger partial charge in [0, 0.05) is 5.56 Å². The quantitative estimate of drug-likeness (QED) is 0.156. The molecule has 1 aromatic heterocycles. The van der Waals surface area contributed by atoms with Gasteiger partial charge in [-0.2, -0.15) is 10.2 Å². The van der Waals surface area contributed by atoms with Gasteiger partial charge in [0.1, 0.15) is 5.75 Å². The zero-order valence-electron chi connectivity index (χ0n) is 24.2. The maximum atomic E-state index is 12.7. The van der Waals surface area contributed by atoms with E-state index in [1.165, 1.54) is 34.8 Å². The van der Waals surface area contributed by atoms with E-state index < -0.39 is 18.0 Å². The maximum Gasteiger partial charge on any atom is 0.573 e. The van der Waals surface area contributed by atoms with E-state index >= 15 is 0 Å². The Morgan fingerprint density at radius 1 is 1.11 bits per heavy atom. The van der Waals surface area contributed by atoms with E-state index in [-0.39, 0.29) is 23.1 Å². The number of amides is 2. The van der Waals surface area contributed by atoms with Gasteiger partial charge >= 0.3 is 6.36 Å². The van der Waals surface area contributed by atoms with Crippen molar-refractivity contribution in [3.63, 3.8) is 0 Å². The molecule has 9 nitrogen and oxygen atoms in total. The number of alkyl halides is 3. The van der Waals surface area contributed by atoms with Crippen molar-refractivity contribution in [2.75, 3.05) is 16.0 Å². The van der Waals surface area contributed by atoms with E-state index in [2.05, 4.69) is 39.2 Å². The van der Waals surface area contributed by atoms with Gasteiger partial charge in [-0.1, -0.05) is 61.5 Å². The molecule has 3 aromatic carbocycles. The van der Waals surface area contributed by atoms with Crippen LogP contribution >= 0.6 is 23.4 Å². The Bertz CT molecular complexity index is 1810.